The highest BCUT2D eigenvalue weighted by Gasteiger charge is 2.52. The van der Waals surface area contributed by atoms with Crippen LogP contribution in [0.2, 0.25) is 0 Å². The molecule has 3 rings (SSSR count). The predicted octanol–water partition coefficient (Wildman–Crippen LogP) is 1.40. The van der Waals surface area contributed by atoms with E-state index >= 15 is 0 Å². The second-order valence-corrected chi connectivity index (χ2v) is 5.60. The van der Waals surface area contributed by atoms with E-state index in [9.17, 15) is 4.79 Å². The molecular weight excluding hydrogens is 190 g/mol. The third-order valence-electron chi connectivity index (χ3n) is 4.41. The molecule has 1 saturated heterocycles. The lowest BCUT2D eigenvalue weighted by Gasteiger charge is -2.47. The summed E-state index contributed by atoms with van der Waals surface area (Å²) in [6.07, 6.45) is 7.17. The minimum Gasteiger partial charge on any atom is -0.375 e. The molecule has 0 bridgehead atoms. The number of carbonyl (C=O) groups is 1. The molecule has 1 atom stereocenters. The van der Waals surface area contributed by atoms with Crippen LogP contribution in [0, 0.1) is 5.92 Å². The van der Waals surface area contributed by atoms with Gasteiger partial charge in [0.05, 0.1) is 11.1 Å². The lowest BCUT2D eigenvalue weighted by molar-refractivity contribution is -0.156. The van der Waals surface area contributed by atoms with Gasteiger partial charge < -0.3 is 10.5 Å². The molecule has 2 N–H and O–H groups in total. The summed E-state index contributed by atoms with van der Waals surface area (Å²) in [5, 5.41) is 0. The van der Waals surface area contributed by atoms with Crippen molar-refractivity contribution >= 4 is 5.78 Å². The molecule has 3 fully saturated rings. The lowest BCUT2D eigenvalue weighted by Crippen LogP contribution is -2.50. The molecule has 0 radical (unpaired) electrons. The summed E-state index contributed by atoms with van der Waals surface area (Å²) in [7, 11) is 0. The van der Waals surface area contributed by atoms with Crippen LogP contribution in [-0.4, -0.2) is 23.5 Å². The fourth-order valence-corrected chi connectivity index (χ4v) is 2.96. The molecular formula is C12H19NO2. The van der Waals surface area contributed by atoms with Gasteiger partial charge >= 0.3 is 0 Å². The minimum atomic E-state index is -0.438. The quantitative estimate of drug-likeness (QED) is 0.748. The molecule has 1 aliphatic heterocycles. The standard InChI is InChI=1S/C12H19NO2/c13-12(5-6-12)10(14)9-2-7-15-11(8-9)3-1-4-11/h9H,1-8,13H2. The van der Waals surface area contributed by atoms with Crippen molar-refractivity contribution in [3.05, 3.63) is 0 Å². The minimum absolute atomic E-state index is 0.0732. The molecule has 0 aromatic rings. The molecule has 0 aromatic heterocycles. The van der Waals surface area contributed by atoms with E-state index in [4.69, 9.17) is 10.5 Å². The van der Waals surface area contributed by atoms with E-state index in [1.807, 2.05) is 0 Å². The van der Waals surface area contributed by atoms with Gasteiger partial charge in [0.1, 0.15) is 0 Å². The highest BCUT2D eigenvalue weighted by molar-refractivity contribution is 5.93. The molecule has 0 amide bonds. The molecule has 1 heterocycles. The Hall–Kier alpha value is -0.410. The van der Waals surface area contributed by atoms with Gasteiger partial charge in [-0.25, -0.2) is 0 Å². The molecule has 84 valence electrons. The highest BCUT2D eigenvalue weighted by atomic mass is 16.5. The van der Waals surface area contributed by atoms with Gasteiger partial charge in [0, 0.05) is 12.5 Å². The molecule has 15 heavy (non-hydrogen) atoms. The van der Waals surface area contributed by atoms with Gasteiger partial charge in [-0.3, -0.25) is 4.79 Å². The van der Waals surface area contributed by atoms with Gasteiger partial charge in [0.25, 0.3) is 0 Å². The maximum absolute atomic E-state index is 12.1. The van der Waals surface area contributed by atoms with Crippen LogP contribution in [0.5, 0.6) is 0 Å². The molecule has 1 spiro atoms. The molecule has 2 saturated carbocycles. The van der Waals surface area contributed by atoms with Gasteiger partial charge in [-0.1, -0.05) is 0 Å². The molecule has 2 aliphatic carbocycles. The summed E-state index contributed by atoms with van der Waals surface area (Å²) in [6.45, 7) is 0.756. The zero-order valence-corrected chi connectivity index (χ0v) is 9.13. The van der Waals surface area contributed by atoms with Crippen molar-refractivity contribution in [1.82, 2.24) is 0 Å². The van der Waals surface area contributed by atoms with E-state index < -0.39 is 5.54 Å². The Kier molecular flexibility index (Phi) is 1.99. The van der Waals surface area contributed by atoms with Crippen molar-refractivity contribution in [1.29, 1.82) is 0 Å². The third-order valence-corrected chi connectivity index (χ3v) is 4.41. The Labute approximate surface area is 90.4 Å². The second-order valence-electron chi connectivity index (χ2n) is 5.60. The number of ketones is 1. The first-order valence-electron chi connectivity index (χ1n) is 6.11. The summed E-state index contributed by atoms with van der Waals surface area (Å²) in [4.78, 5) is 12.1. The largest absolute Gasteiger partial charge is 0.375 e. The van der Waals surface area contributed by atoms with E-state index in [0.29, 0.717) is 5.78 Å². The van der Waals surface area contributed by atoms with E-state index in [1.54, 1.807) is 0 Å². The molecule has 3 aliphatic rings. The Bertz CT molecular complexity index is 292. The lowest BCUT2D eigenvalue weighted by atomic mass is 9.70. The fourth-order valence-electron chi connectivity index (χ4n) is 2.96. The normalized spacial score (nSPS) is 35.9. The molecule has 0 aromatic carbocycles. The van der Waals surface area contributed by atoms with Crippen molar-refractivity contribution in [3.8, 4) is 0 Å². The number of Topliss-reactive ketones (excluding diaryl/α,β-unsaturated/α-hetero) is 1. The van der Waals surface area contributed by atoms with Crippen molar-refractivity contribution < 1.29 is 9.53 Å². The van der Waals surface area contributed by atoms with Gasteiger partial charge in [0.15, 0.2) is 5.78 Å². The highest BCUT2D eigenvalue weighted by Crippen LogP contribution is 2.47. The Morgan fingerprint density at radius 1 is 1.27 bits per heavy atom. The van der Waals surface area contributed by atoms with Gasteiger partial charge in [-0.05, 0) is 44.9 Å². The molecule has 3 heteroatoms. The zero-order chi connectivity index (χ0) is 10.5. The number of rotatable bonds is 2. The van der Waals surface area contributed by atoms with E-state index in [-0.39, 0.29) is 11.5 Å². The topological polar surface area (TPSA) is 52.3 Å². The predicted molar refractivity (Wildman–Crippen MR) is 56.4 cm³/mol. The zero-order valence-electron chi connectivity index (χ0n) is 9.13. The van der Waals surface area contributed by atoms with Crippen LogP contribution in [0.3, 0.4) is 0 Å². The van der Waals surface area contributed by atoms with E-state index in [1.165, 1.54) is 6.42 Å². The number of carbonyl (C=O) groups excluding carboxylic acids is 1. The van der Waals surface area contributed by atoms with E-state index in [2.05, 4.69) is 0 Å². The van der Waals surface area contributed by atoms with Crippen molar-refractivity contribution in [2.75, 3.05) is 6.61 Å². The number of hydrogen-bond acceptors (Lipinski definition) is 3. The average molecular weight is 209 g/mol. The van der Waals surface area contributed by atoms with E-state index in [0.717, 1.165) is 45.1 Å². The monoisotopic (exact) mass is 209 g/mol. The Morgan fingerprint density at radius 3 is 2.53 bits per heavy atom. The van der Waals surface area contributed by atoms with Crippen LogP contribution >= 0.6 is 0 Å². The summed E-state index contributed by atoms with van der Waals surface area (Å²) >= 11 is 0. The summed E-state index contributed by atoms with van der Waals surface area (Å²) in [5.74, 6) is 0.503. The molecule has 1 unspecified atom stereocenters. The van der Waals surface area contributed by atoms with Crippen molar-refractivity contribution in [3.63, 3.8) is 0 Å². The van der Waals surface area contributed by atoms with Crippen LogP contribution in [0.1, 0.15) is 44.9 Å². The summed E-state index contributed by atoms with van der Waals surface area (Å²) in [5.41, 5.74) is 5.61. The fraction of sp³-hybridized carbons (Fsp3) is 0.917. The maximum atomic E-state index is 12.1. The number of ether oxygens (including phenoxy) is 1. The van der Waals surface area contributed by atoms with Crippen molar-refractivity contribution in [2.24, 2.45) is 11.7 Å². The van der Waals surface area contributed by atoms with Crippen LogP contribution in [0.4, 0.5) is 0 Å². The van der Waals surface area contributed by atoms with Gasteiger partial charge in [-0.15, -0.1) is 0 Å². The summed E-state index contributed by atoms with van der Waals surface area (Å²) in [6, 6.07) is 0. The average Bonchev–Trinajstić information content (AvgIpc) is 2.95. The van der Waals surface area contributed by atoms with Gasteiger partial charge in [-0.2, -0.15) is 0 Å². The first-order valence-corrected chi connectivity index (χ1v) is 6.11. The van der Waals surface area contributed by atoms with Gasteiger partial charge in [0.2, 0.25) is 0 Å². The van der Waals surface area contributed by atoms with Crippen LogP contribution in [0.25, 0.3) is 0 Å². The molecule has 3 nitrogen and oxygen atoms in total. The number of nitrogens with two attached hydrogens (primary N) is 1. The Morgan fingerprint density at radius 2 is 2.00 bits per heavy atom. The van der Waals surface area contributed by atoms with Crippen LogP contribution < -0.4 is 5.73 Å². The van der Waals surface area contributed by atoms with Crippen LogP contribution in [-0.2, 0) is 9.53 Å². The van der Waals surface area contributed by atoms with Crippen molar-refractivity contribution in [2.45, 2.75) is 56.1 Å². The first kappa shape index (κ1) is 9.79. The third kappa shape index (κ3) is 1.53. The SMILES string of the molecule is NC1(C(=O)C2CCOC3(CCC3)C2)CC1. The number of hydrogen-bond donors (Lipinski definition) is 1. The first-order chi connectivity index (χ1) is 7.14. The smallest absolute Gasteiger partial charge is 0.155 e. The second kappa shape index (κ2) is 3.05. The maximum Gasteiger partial charge on any atom is 0.155 e. The van der Waals surface area contributed by atoms with Crippen LogP contribution in [0.15, 0.2) is 0 Å². The Balaban J connectivity index is 1.68. The summed E-state index contributed by atoms with van der Waals surface area (Å²) < 4.78 is 5.82.